The lowest BCUT2D eigenvalue weighted by molar-refractivity contribution is -0.111. The van der Waals surface area contributed by atoms with Crippen LogP contribution in [0.4, 0.5) is 10.5 Å². The first kappa shape index (κ1) is 17.0. The molecule has 1 aromatic carbocycles. The summed E-state index contributed by atoms with van der Waals surface area (Å²) in [5.41, 5.74) is -0.139. The minimum atomic E-state index is -0.751. The van der Waals surface area contributed by atoms with E-state index in [9.17, 15) is 9.59 Å². The predicted octanol–water partition coefficient (Wildman–Crippen LogP) is 3.52. The summed E-state index contributed by atoms with van der Waals surface area (Å²) in [6.45, 7) is 8.91. The SMILES string of the molecule is COc1ccc(NC(=O)OC(C)(C)C)c(C(C)(C)C=O)c1. The molecule has 1 N–H and O–H groups in total. The number of benzene rings is 1. The van der Waals surface area contributed by atoms with Crippen molar-refractivity contribution in [2.75, 3.05) is 12.4 Å². The molecule has 0 radical (unpaired) electrons. The van der Waals surface area contributed by atoms with Gasteiger partial charge in [0.25, 0.3) is 0 Å². The Morgan fingerprint density at radius 1 is 1.19 bits per heavy atom. The first-order chi connectivity index (χ1) is 9.59. The number of carbonyl (C=O) groups excluding carboxylic acids is 2. The zero-order valence-electron chi connectivity index (χ0n) is 13.4. The molecular formula is C16H23NO4. The minimum absolute atomic E-state index is 0.530. The lowest BCUT2D eigenvalue weighted by Crippen LogP contribution is -2.29. The van der Waals surface area contributed by atoms with Gasteiger partial charge in [-0.15, -0.1) is 0 Å². The van der Waals surface area contributed by atoms with E-state index in [2.05, 4.69) is 5.32 Å². The Morgan fingerprint density at radius 2 is 1.81 bits per heavy atom. The zero-order valence-corrected chi connectivity index (χ0v) is 13.4. The summed E-state index contributed by atoms with van der Waals surface area (Å²) in [6.07, 6.45) is 0.276. The average molecular weight is 293 g/mol. The molecule has 1 rings (SSSR count). The normalized spacial score (nSPS) is 11.7. The molecule has 1 aromatic rings. The topological polar surface area (TPSA) is 64.6 Å². The molecule has 5 heteroatoms. The van der Waals surface area contributed by atoms with E-state index in [1.54, 1.807) is 59.9 Å². The van der Waals surface area contributed by atoms with E-state index < -0.39 is 17.1 Å². The molecule has 0 saturated carbocycles. The van der Waals surface area contributed by atoms with Crippen molar-refractivity contribution in [3.8, 4) is 5.75 Å². The summed E-state index contributed by atoms with van der Waals surface area (Å²) in [5.74, 6) is 0.620. The van der Waals surface area contributed by atoms with Crippen molar-refractivity contribution in [2.24, 2.45) is 0 Å². The van der Waals surface area contributed by atoms with Gasteiger partial charge in [-0.05, 0) is 58.4 Å². The van der Waals surface area contributed by atoms with Crippen LogP contribution in [0.15, 0.2) is 18.2 Å². The number of hydrogen-bond acceptors (Lipinski definition) is 4. The fourth-order valence-electron chi connectivity index (χ4n) is 1.77. The smallest absolute Gasteiger partial charge is 0.412 e. The summed E-state index contributed by atoms with van der Waals surface area (Å²) in [6, 6.07) is 5.15. The van der Waals surface area contributed by atoms with Gasteiger partial charge in [0, 0.05) is 11.1 Å². The summed E-state index contributed by atoms with van der Waals surface area (Å²) in [5, 5.41) is 2.68. The fraction of sp³-hybridized carbons (Fsp3) is 0.500. The maximum absolute atomic E-state index is 11.9. The second kappa shape index (κ2) is 6.16. The average Bonchev–Trinajstić information content (AvgIpc) is 2.36. The summed E-state index contributed by atoms with van der Waals surface area (Å²) < 4.78 is 10.4. The second-order valence-corrected chi connectivity index (χ2v) is 6.38. The minimum Gasteiger partial charge on any atom is -0.497 e. The van der Waals surface area contributed by atoms with Gasteiger partial charge in [0.1, 0.15) is 17.6 Å². The Kier molecular flexibility index (Phi) is 4.99. The standard InChI is InChI=1S/C16H23NO4/c1-15(2,3)21-14(19)17-13-8-7-11(20-6)9-12(13)16(4,5)10-18/h7-10H,1-6H3,(H,17,19). The van der Waals surface area contributed by atoms with Crippen LogP contribution in [0, 0.1) is 0 Å². The third kappa shape index (κ3) is 4.77. The molecule has 0 bridgehead atoms. The van der Waals surface area contributed by atoms with E-state index in [-0.39, 0.29) is 0 Å². The highest BCUT2D eigenvalue weighted by molar-refractivity contribution is 5.88. The van der Waals surface area contributed by atoms with E-state index >= 15 is 0 Å². The highest BCUT2D eigenvalue weighted by Crippen LogP contribution is 2.32. The van der Waals surface area contributed by atoms with Crippen LogP contribution in [0.1, 0.15) is 40.2 Å². The van der Waals surface area contributed by atoms with Crippen molar-refractivity contribution in [1.29, 1.82) is 0 Å². The molecule has 0 unspecified atom stereocenters. The molecule has 0 aliphatic carbocycles. The number of anilines is 1. The van der Waals surface area contributed by atoms with E-state index in [4.69, 9.17) is 9.47 Å². The van der Waals surface area contributed by atoms with Crippen molar-refractivity contribution in [1.82, 2.24) is 0 Å². The summed E-state index contributed by atoms with van der Waals surface area (Å²) >= 11 is 0. The monoisotopic (exact) mass is 293 g/mol. The van der Waals surface area contributed by atoms with Crippen LogP contribution in [0.25, 0.3) is 0 Å². The number of hydrogen-bond donors (Lipinski definition) is 1. The van der Waals surface area contributed by atoms with Crippen molar-refractivity contribution < 1.29 is 19.1 Å². The van der Waals surface area contributed by atoms with Gasteiger partial charge in [0.15, 0.2) is 0 Å². The third-order valence-electron chi connectivity index (χ3n) is 2.85. The van der Waals surface area contributed by atoms with Gasteiger partial charge < -0.3 is 14.3 Å². The lowest BCUT2D eigenvalue weighted by Gasteiger charge is -2.24. The van der Waals surface area contributed by atoms with Gasteiger partial charge in [-0.2, -0.15) is 0 Å². The van der Waals surface area contributed by atoms with Crippen LogP contribution in [0.2, 0.25) is 0 Å². The molecule has 0 saturated heterocycles. The summed E-state index contributed by atoms with van der Waals surface area (Å²) in [7, 11) is 1.55. The number of nitrogens with one attached hydrogen (secondary N) is 1. The molecule has 0 aliphatic rings. The number of ether oxygens (including phenoxy) is 2. The Bertz CT molecular complexity index is 530. The fourth-order valence-corrected chi connectivity index (χ4v) is 1.77. The lowest BCUT2D eigenvalue weighted by atomic mass is 9.85. The maximum atomic E-state index is 11.9. The van der Waals surface area contributed by atoms with Crippen molar-refractivity contribution in [3.05, 3.63) is 23.8 Å². The van der Waals surface area contributed by atoms with Crippen molar-refractivity contribution >= 4 is 18.1 Å². The molecule has 0 aromatic heterocycles. The van der Waals surface area contributed by atoms with E-state index in [0.29, 0.717) is 17.0 Å². The maximum Gasteiger partial charge on any atom is 0.412 e. The van der Waals surface area contributed by atoms with E-state index in [1.807, 2.05) is 0 Å². The van der Waals surface area contributed by atoms with E-state index in [1.165, 1.54) is 0 Å². The first-order valence-corrected chi connectivity index (χ1v) is 6.74. The van der Waals surface area contributed by atoms with Crippen LogP contribution >= 0.6 is 0 Å². The van der Waals surface area contributed by atoms with Crippen LogP contribution in [0.3, 0.4) is 0 Å². The molecule has 0 aliphatic heterocycles. The van der Waals surface area contributed by atoms with Gasteiger partial charge in [0.05, 0.1) is 7.11 Å². The Labute approximate surface area is 125 Å². The highest BCUT2D eigenvalue weighted by atomic mass is 16.6. The molecule has 5 nitrogen and oxygen atoms in total. The van der Waals surface area contributed by atoms with Crippen LogP contribution in [0.5, 0.6) is 5.75 Å². The van der Waals surface area contributed by atoms with Crippen LogP contribution in [-0.2, 0) is 14.9 Å². The van der Waals surface area contributed by atoms with Crippen molar-refractivity contribution in [3.63, 3.8) is 0 Å². The van der Waals surface area contributed by atoms with Gasteiger partial charge >= 0.3 is 6.09 Å². The van der Waals surface area contributed by atoms with Crippen molar-refractivity contribution in [2.45, 2.75) is 45.6 Å². The highest BCUT2D eigenvalue weighted by Gasteiger charge is 2.25. The van der Waals surface area contributed by atoms with E-state index in [0.717, 1.165) is 6.29 Å². The number of methoxy groups -OCH3 is 1. The molecule has 0 fully saturated rings. The molecular weight excluding hydrogens is 270 g/mol. The van der Waals surface area contributed by atoms with Gasteiger partial charge in [-0.25, -0.2) is 4.79 Å². The largest absolute Gasteiger partial charge is 0.497 e. The number of rotatable bonds is 4. The Hall–Kier alpha value is -2.04. The number of aldehydes is 1. The zero-order chi connectivity index (χ0) is 16.3. The number of amides is 1. The summed E-state index contributed by atoms with van der Waals surface area (Å²) in [4.78, 5) is 23.2. The quantitative estimate of drug-likeness (QED) is 0.863. The Morgan fingerprint density at radius 3 is 2.29 bits per heavy atom. The number of carbonyl (C=O) groups is 2. The molecule has 0 atom stereocenters. The van der Waals surface area contributed by atoms with Crippen LogP contribution in [-0.4, -0.2) is 25.1 Å². The Balaban J connectivity index is 3.12. The third-order valence-corrected chi connectivity index (χ3v) is 2.85. The molecule has 0 spiro atoms. The molecule has 1 amide bonds. The molecule has 21 heavy (non-hydrogen) atoms. The van der Waals surface area contributed by atoms with Gasteiger partial charge in [0.2, 0.25) is 0 Å². The van der Waals surface area contributed by atoms with Crippen LogP contribution < -0.4 is 10.1 Å². The molecule has 116 valence electrons. The molecule has 0 heterocycles. The van der Waals surface area contributed by atoms with Gasteiger partial charge in [-0.3, -0.25) is 5.32 Å². The predicted molar refractivity (Wildman–Crippen MR) is 81.9 cm³/mol. The first-order valence-electron chi connectivity index (χ1n) is 6.74. The van der Waals surface area contributed by atoms with Gasteiger partial charge in [-0.1, -0.05) is 0 Å². The second-order valence-electron chi connectivity index (χ2n) is 6.38.